The van der Waals surface area contributed by atoms with Gasteiger partial charge in [0.25, 0.3) is 5.69 Å². The summed E-state index contributed by atoms with van der Waals surface area (Å²) < 4.78 is 5.33. The zero-order chi connectivity index (χ0) is 15.2. The zero-order valence-electron chi connectivity index (χ0n) is 11.4. The minimum Gasteiger partial charge on any atom is -0.494 e. The molecule has 0 spiro atoms. The fourth-order valence-corrected chi connectivity index (χ4v) is 1.82. The minimum absolute atomic E-state index is 0.0807. The normalized spacial score (nSPS) is 9.71. The summed E-state index contributed by atoms with van der Waals surface area (Å²) in [6.45, 7) is 2.46. The largest absolute Gasteiger partial charge is 0.494 e. The lowest BCUT2D eigenvalue weighted by molar-refractivity contribution is -0.383. The molecule has 0 bridgehead atoms. The monoisotopic (exact) mass is 283 g/mol. The smallest absolute Gasteiger partial charge is 0.292 e. The van der Waals surface area contributed by atoms with E-state index in [0.29, 0.717) is 17.9 Å². The van der Waals surface area contributed by atoms with Gasteiger partial charge in [-0.3, -0.25) is 10.1 Å². The van der Waals surface area contributed by atoms with Crippen molar-refractivity contribution in [1.29, 1.82) is 5.26 Å². The number of ether oxygens (including phenoxy) is 1. The van der Waals surface area contributed by atoms with Crippen LogP contribution in [0.25, 0.3) is 0 Å². The summed E-state index contributed by atoms with van der Waals surface area (Å²) in [7, 11) is 0. The van der Waals surface area contributed by atoms with Crippen molar-refractivity contribution >= 4 is 17.1 Å². The molecule has 2 aromatic carbocycles. The highest BCUT2D eigenvalue weighted by atomic mass is 16.6. The van der Waals surface area contributed by atoms with Crippen LogP contribution in [0.3, 0.4) is 0 Å². The first-order valence-electron chi connectivity index (χ1n) is 6.32. The third kappa shape index (κ3) is 3.48. The summed E-state index contributed by atoms with van der Waals surface area (Å²) in [5.74, 6) is 0.725. The Labute approximate surface area is 121 Å². The summed E-state index contributed by atoms with van der Waals surface area (Å²) >= 11 is 0. The molecule has 0 aromatic heterocycles. The topological polar surface area (TPSA) is 88.2 Å². The summed E-state index contributed by atoms with van der Waals surface area (Å²) in [6, 6.07) is 13.2. The third-order valence-corrected chi connectivity index (χ3v) is 2.77. The number of anilines is 2. The molecule has 0 unspecified atom stereocenters. The van der Waals surface area contributed by atoms with Crippen LogP contribution in [0.15, 0.2) is 42.5 Å². The molecule has 0 atom stereocenters. The molecule has 21 heavy (non-hydrogen) atoms. The second-order valence-corrected chi connectivity index (χ2v) is 4.18. The molecular weight excluding hydrogens is 270 g/mol. The van der Waals surface area contributed by atoms with Crippen LogP contribution in [0.5, 0.6) is 5.75 Å². The minimum atomic E-state index is -0.488. The van der Waals surface area contributed by atoms with Gasteiger partial charge in [0.15, 0.2) is 0 Å². The molecule has 0 aliphatic carbocycles. The van der Waals surface area contributed by atoms with Gasteiger partial charge in [-0.2, -0.15) is 5.26 Å². The predicted molar refractivity (Wildman–Crippen MR) is 78.7 cm³/mol. The number of hydrogen-bond donors (Lipinski definition) is 1. The maximum absolute atomic E-state index is 11.0. The molecule has 0 saturated heterocycles. The first-order chi connectivity index (χ1) is 10.1. The van der Waals surface area contributed by atoms with Crippen molar-refractivity contribution in [3.8, 4) is 11.8 Å². The standard InChI is InChI=1S/C15H13N3O3/c1-2-21-13-6-4-12(5-7-13)17-14-9-11(10-16)3-8-15(14)18(19)20/h3-9,17H,2H2,1H3. The van der Waals surface area contributed by atoms with E-state index in [1.54, 1.807) is 24.3 Å². The third-order valence-electron chi connectivity index (χ3n) is 2.77. The van der Waals surface area contributed by atoms with E-state index in [0.717, 1.165) is 5.75 Å². The van der Waals surface area contributed by atoms with Crippen LogP contribution < -0.4 is 10.1 Å². The van der Waals surface area contributed by atoms with Gasteiger partial charge in [-0.15, -0.1) is 0 Å². The van der Waals surface area contributed by atoms with Gasteiger partial charge in [-0.25, -0.2) is 0 Å². The van der Waals surface area contributed by atoms with Gasteiger partial charge in [0, 0.05) is 11.8 Å². The first-order valence-corrected chi connectivity index (χ1v) is 6.32. The molecule has 0 aliphatic heterocycles. The molecule has 0 heterocycles. The van der Waals surface area contributed by atoms with E-state index in [9.17, 15) is 10.1 Å². The summed E-state index contributed by atoms with van der Waals surface area (Å²) in [4.78, 5) is 10.5. The van der Waals surface area contributed by atoms with E-state index in [-0.39, 0.29) is 11.4 Å². The van der Waals surface area contributed by atoms with Crippen LogP contribution in [-0.4, -0.2) is 11.5 Å². The van der Waals surface area contributed by atoms with E-state index in [1.165, 1.54) is 18.2 Å². The Balaban J connectivity index is 2.29. The molecule has 1 N–H and O–H groups in total. The van der Waals surface area contributed by atoms with Gasteiger partial charge >= 0.3 is 0 Å². The average Bonchev–Trinajstić information content (AvgIpc) is 2.49. The van der Waals surface area contributed by atoms with Crippen LogP contribution in [0.1, 0.15) is 12.5 Å². The van der Waals surface area contributed by atoms with E-state index >= 15 is 0 Å². The Kier molecular flexibility index (Phi) is 4.36. The molecule has 6 nitrogen and oxygen atoms in total. The summed E-state index contributed by atoms with van der Waals surface area (Å²) in [6.07, 6.45) is 0. The van der Waals surface area contributed by atoms with E-state index < -0.39 is 4.92 Å². The quantitative estimate of drug-likeness (QED) is 0.669. The van der Waals surface area contributed by atoms with E-state index in [4.69, 9.17) is 10.00 Å². The lowest BCUT2D eigenvalue weighted by Crippen LogP contribution is -1.98. The van der Waals surface area contributed by atoms with Crippen molar-refractivity contribution in [3.63, 3.8) is 0 Å². The number of hydrogen-bond acceptors (Lipinski definition) is 5. The highest BCUT2D eigenvalue weighted by molar-refractivity contribution is 5.71. The molecule has 0 amide bonds. The van der Waals surface area contributed by atoms with Crippen LogP contribution >= 0.6 is 0 Å². The second kappa shape index (κ2) is 6.39. The molecule has 0 saturated carbocycles. The number of nitriles is 1. The van der Waals surface area contributed by atoms with Crippen LogP contribution in [0.4, 0.5) is 17.1 Å². The fourth-order valence-electron chi connectivity index (χ4n) is 1.82. The lowest BCUT2D eigenvalue weighted by atomic mass is 10.2. The van der Waals surface area contributed by atoms with Crippen molar-refractivity contribution in [3.05, 3.63) is 58.1 Å². The van der Waals surface area contributed by atoms with Crippen molar-refractivity contribution in [1.82, 2.24) is 0 Å². The Morgan fingerprint density at radius 3 is 2.57 bits per heavy atom. The lowest BCUT2D eigenvalue weighted by Gasteiger charge is -2.09. The Morgan fingerprint density at radius 1 is 1.29 bits per heavy atom. The molecule has 0 radical (unpaired) electrons. The van der Waals surface area contributed by atoms with Gasteiger partial charge in [0.2, 0.25) is 0 Å². The van der Waals surface area contributed by atoms with Gasteiger partial charge in [0.05, 0.1) is 23.2 Å². The predicted octanol–water partition coefficient (Wildman–Crippen LogP) is 3.61. The van der Waals surface area contributed by atoms with Crippen molar-refractivity contribution in [2.75, 3.05) is 11.9 Å². The Bertz CT molecular complexity index is 690. The Morgan fingerprint density at radius 2 is 2.00 bits per heavy atom. The zero-order valence-corrected chi connectivity index (χ0v) is 11.4. The van der Waals surface area contributed by atoms with Crippen LogP contribution in [-0.2, 0) is 0 Å². The van der Waals surface area contributed by atoms with Gasteiger partial charge in [-0.05, 0) is 43.3 Å². The maximum Gasteiger partial charge on any atom is 0.292 e. The number of rotatable bonds is 5. The van der Waals surface area contributed by atoms with Crippen LogP contribution in [0, 0.1) is 21.4 Å². The maximum atomic E-state index is 11.0. The molecule has 0 fully saturated rings. The van der Waals surface area contributed by atoms with E-state index in [1.807, 2.05) is 13.0 Å². The average molecular weight is 283 g/mol. The Hall–Kier alpha value is -3.07. The van der Waals surface area contributed by atoms with E-state index in [2.05, 4.69) is 5.32 Å². The van der Waals surface area contributed by atoms with Crippen molar-refractivity contribution in [2.24, 2.45) is 0 Å². The molecule has 6 heteroatoms. The highest BCUT2D eigenvalue weighted by Crippen LogP contribution is 2.29. The van der Waals surface area contributed by atoms with Crippen LogP contribution in [0.2, 0.25) is 0 Å². The number of nitrogens with one attached hydrogen (secondary N) is 1. The van der Waals surface area contributed by atoms with Gasteiger partial charge in [0.1, 0.15) is 11.4 Å². The fraction of sp³-hybridized carbons (Fsp3) is 0.133. The number of nitro groups is 1. The summed E-state index contributed by atoms with van der Waals surface area (Å²) in [5.41, 5.74) is 1.23. The molecular formula is C15H13N3O3. The number of nitro benzene ring substituents is 1. The van der Waals surface area contributed by atoms with Crippen molar-refractivity contribution < 1.29 is 9.66 Å². The molecule has 2 rings (SSSR count). The molecule has 2 aromatic rings. The SMILES string of the molecule is CCOc1ccc(Nc2cc(C#N)ccc2[N+](=O)[O-])cc1. The van der Waals surface area contributed by atoms with Crippen molar-refractivity contribution in [2.45, 2.75) is 6.92 Å². The van der Waals surface area contributed by atoms with Gasteiger partial charge < -0.3 is 10.1 Å². The highest BCUT2D eigenvalue weighted by Gasteiger charge is 2.14. The molecule has 106 valence electrons. The molecule has 0 aliphatic rings. The first kappa shape index (κ1) is 14.3. The van der Waals surface area contributed by atoms with Gasteiger partial charge in [-0.1, -0.05) is 0 Å². The number of nitrogens with zero attached hydrogens (tertiary/aromatic N) is 2. The second-order valence-electron chi connectivity index (χ2n) is 4.18. The summed E-state index contributed by atoms with van der Waals surface area (Å²) in [5, 5.41) is 22.9. The number of benzene rings is 2.